The lowest BCUT2D eigenvalue weighted by molar-refractivity contribution is -0.115. The number of carbonyl (C=O) groups is 2. The number of benzene rings is 3. The van der Waals surface area contributed by atoms with E-state index in [1.165, 1.54) is 22.7 Å². The van der Waals surface area contributed by atoms with Gasteiger partial charge in [0.15, 0.2) is 0 Å². The van der Waals surface area contributed by atoms with Crippen LogP contribution < -0.4 is 10.2 Å². The molecule has 1 heterocycles. The molecule has 29 heavy (non-hydrogen) atoms. The van der Waals surface area contributed by atoms with Gasteiger partial charge in [-0.2, -0.15) is 0 Å². The van der Waals surface area contributed by atoms with E-state index in [-0.39, 0.29) is 23.3 Å². The summed E-state index contributed by atoms with van der Waals surface area (Å²) in [7, 11) is 0. The number of hydrogen-bond acceptors (Lipinski definition) is 3. The Hall–Kier alpha value is -3.19. The summed E-state index contributed by atoms with van der Waals surface area (Å²) in [6, 6.07) is 19.0. The largest absolute Gasteiger partial charge is 0.322 e. The molecule has 1 N–H and O–H groups in total. The van der Waals surface area contributed by atoms with Crippen molar-refractivity contribution in [3.8, 4) is 0 Å². The van der Waals surface area contributed by atoms with Gasteiger partial charge in [0.1, 0.15) is 17.0 Å². The fraction of sp³-hybridized carbons (Fsp3) is 0.0909. The molecule has 3 aromatic carbocycles. The molecular formula is C22H16F2N2O2S. The minimum Gasteiger partial charge on any atom is -0.322 e. The highest BCUT2D eigenvalue weighted by Gasteiger charge is 2.36. The number of carbonyl (C=O) groups excluding carboxylic acids is 2. The lowest BCUT2D eigenvalue weighted by Crippen LogP contribution is -2.29. The first kappa shape index (κ1) is 19.1. The van der Waals surface area contributed by atoms with Crippen LogP contribution in [0.4, 0.5) is 20.2 Å². The van der Waals surface area contributed by atoms with E-state index >= 15 is 0 Å². The van der Waals surface area contributed by atoms with Gasteiger partial charge in [-0.25, -0.2) is 8.78 Å². The molecule has 0 bridgehead atoms. The molecule has 0 saturated carbocycles. The minimum absolute atomic E-state index is 0.00980. The van der Waals surface area contributed by atoms with E-state index in [1.807, 2.05) is 6.07 Å². The quantitative estimate of drug-likeness (QED) is 0.659. The molecule has 2 amide bonds. The number of anilines is 2. The van der Waals surface area contributed by atoms with Crippen molar-refractivity contribution in [3.63, 3.8) is 0 Å². The number of para-hydroxylation sites is 1. The maximum atomic E-state index is 14.4. The van der Waals surface area contributed by atoms with E-state index in [0.29, 0.717) is 16.8 Å². The van der Waals surface area contributed by atoms with Crippen LogP contribution in [0.1, 0.15) is 21.3 Å². The third kappa shape index (κ3) is 3.86. The van der Waals surface area contributed by atoms with Gasteiger partial charge >= 0.3 is 0 Å². The molecule has 4 nitrogen and oxygen atoms in total. The molecule has 3 aromatic rings. The lowest BCUT2D eigenvalue weighted by atomic mass is 10.1. The fourth-order valence-electron chi connectivity index (χ4n) is 3.20. The van der Waals surface area contributed by atoms with Crippen LogP contribution in [0.15, 0.2) is 72.8 Å². The summed E-state index contributed by atoms with van der Waals surface area (Å²) in [4.78, 5) is 26.4. The molecule has 0 spiro atoms. The maximum Gasteiger partial charge on any atom is 0.255 e. The zero-order valence-corrected chi connectivity index (χ0v) is 16.0. The molecule has 0 aromatic heterocycles. The van der Waals surface area contributed by atoms with Gasteiger partial charge in [-0.05, 0) is 30.3 Å². The van der Waals surface area contributed by atoms with Gasteiger partial charge in [0.05, 0.1) is 11.4 Å². The number of rotatable bonds is 4. The number of halogens is 2. The van der Waals surface area contributed by atoms with Gasteiger partial charge in [-0.1, -0.05) is 36.4 Å². The highest BCUT2D eigenvalue weighted by molar-refractivity contribution is 8.00. The number of nitrogens with one attached hydrogen (secondary N) is 1. The standard InChI is InChI=1S/C22H16F2N2O2S/c23-15-10-11-19(17(24)12-15)26-20(27)13-29-22(26)16-8-4-5-9-18(16)25-21(28)14-6-2-1-3-7-14/h1-12,22H,13H2,(H,25,28)/t22-/m0/s1. The third-order valence-corrected chi connectivity index (χ3v) is 5.74. The van der Waals surface area contributed by atoms with Gasteiger partial charge in [-0.3, -0.25) is 14.5 Å². The van der Waals surface area contributed by atoms with Gasteiger partial charge in [0.2, 0.25) is 5.91 Å². The van der Waals surface area contributed by atoms with Crippen LogP contribution >= 0.6 is 11.8 Å². The average molecular weight is 410 g/mol. The van der Waals surface area contributed by atoms with Crippen LogP contribution in [0.25, 0.3) is 0 Å². The highest BCUT2D eigenvalue weighted by Crippen LogP contribution is 2.44. The summed E-state index contributed by atoms with van der Waals surface area (Å²) in [6.07, 6.45) is 0. The highest BCUT2D eigenvalue weighted by atomic mass is 32.2. The summed E-state index contributed by atoms with van der Waals surface area (Å²) in [5, 5.41) is 2.32. The van der Waals surface area contributed by atoms with Crippen LogP contribution in [0.2, 0.25) is 0 Å². The van der Waals surface area contributed by atoms with E-state index in [2.05, 4.69) is 5.32 Å². The van der Waals surface area contributed by atoms with E-state index in [4.69, 9.17) is 0 Å². The van der Waals surface area contributed by atoms with E-state index < -0.39 is 17.0 Å². The minimum atomic E-state index is -0.809. The molecule has 0 unspecified atom stereocenters. The second-order valence-corrected chi connectivity index (χ2v) is 7.50. The number of hydrogen-bond donors (Lipinski definition) is 1. The summed E-state index contributed by atoms with van der Waals surface area (Å²) in [6.45, 7) is 0. The fourth-order valence-corrected chi connectivity index (χ4v) is 4.41. The Labute approximate surface area is 170 Å². The van der Waals surface area contributed by atoms with Crippen molar-refractivity contribution in [2.45, 2.75) is 5.37 Å². The lowest BCUT2D eigenvalue weighted by Gasteiger charge is -2.26. The molecule has 1 fully saturated rings. The Morgan fingerprint density at radius 2 is 1.72 bits per heavy atom. The van der Waals surface area contributed by atoms with Crippen molar-refractivity contribution >= 4 is 35.0 Å². The van der Waals surface area contributed by atoms with Gasteiger partial charge in [0, 0.05) is 22.9 Å². The SMILES string of the molecule is O=C(Nc1ccccc1[C@@H]1SCC(=O)N1c1ccc(F)cc1F)c1ccccc1. The molecule has 4 rings (SSSR count). The Balaban J connectivity index is 1.69. The summed E-state index contributed by atoms with van der Waals surface area (Å²) < 4.78 is 27.7. The number of thioether (sulfide) groups is 1. The second kappa shape index (κ2) is 8.05. The van der Waals surface area contributed by atoms with E-state index in [1.54, 1.807) is 48.5 Å². The van der Waals surface area contributed by atoms with E-state index in [0.717, 1.165) is 12.1 Å². The molecule has 1 saturated heterocycles. The molecule has 0 radical (unpaired) electrons. The summed E-state index contributed by atoms with van der Waals surface area (Å²) in [5.74, 6) is -1.93. The first-order valence-electron chi connectivity index (χ1n) is 8.88. The van der Waals surface area contributed by atoms with Crippen LogP contribution in [-0.2, 0) is 4.79 Å². The summed E-state index contributed by atoms with van der Waals surface area (Å²) in [5.41, 5.74) is 1.70. The topological polar surface area (TPSA) is 49.4 Å². The smallest absolute Gasteiger partial charge is 0.255 e. The van der Waals surface area contributed by atoms with Crippen molar-refractivity contribution in [2.75, 3.05) is 16.0 Å². The Bertz CT molecular complexity index is 1080. The van der Waals surface area contributed by atoms with Crippen LogP contribution in [0.5, 0.6) is 0 Å². The maximum absolute atomic E-state index is 14.4. The number of nitrogens with zero attached hydrogens (tertiary/aromatic N) is 1. The van der Waals surface area contributed by atoms with Gasteiger partial charge in [0.25, 0.3) is 5.91 Å². The van der Waals surface area contributed by atoms with Gasteiger partial charge < -0.3 is 5.32 Å². The zero-order valence-electron chi connectivity index (χ0n) is 15.1. The molecule has 1 aliphatic rings. The summed E-state index contributed by atoms with van der Waals surface area (Å²) >= 11 is 1.32. The molecule has 1 aliphatic heterocycles. The monoisotopic (exact) mass is 410 g/mol. The predicted molar refractivity (Wildman–Crippen MR) is 110 cm³/mol. The third-order valence-electron chi connectivity index (χ3n) is 4.55. The molecule has 7 heteroatoms. The normalized spacial score (nSPS) is 16.1. The van der Waals surface area contributed by atoms with E-state index in [9.17, 15) is 18.4 Å². The van der Waals surface area contributed by atoms with Crippen molar-refractivity contribution < 1.29 is 18.4 Å². The average Bonchev–Trinajstić information content (AvgIpc) is 3.10. The molecule has 146 valence electrons. The Kier molecular flexibility index (Phi) is 5.31. The molecule has 0 aliphatic carbocycles. The molecule has 1 atom stereocenters. The first-order valence-corrected chi connectivity index (χ1v) is 9.93. The first-order chi connectivity index (χ1) is 14.0. The van der Waals surface area contributed by atoms with Crippen molar-refractivity contribution in [1.82, 2.24) is 0 Å². The second-order valence-electron chi connectivity index (χ2n) is 6.43. The van der Waals surface area contributed by atoms with Crippen LogP contribution in [-0.4, -0.2) is 17.6 Å². The van der Waals surface area contributed by atoms with Crippen molar-refractivity contribution in [1.29, 1.82) is 0 Å². The van der Waals surface area contributed by atoms with Crippen LogP contribution in [0, 0.1) is 11.6 Å². The zero-order chi connectivity index (χ0) is 20.4. The predicted octanol–water partition coefficient (Wildman–Crippen LogP) is 5.00. The Morgan fingerprint density at radius 3 is 2.48 bits per heavy atom. The Morgan fingerprint density at radius 1 is 1.00 bits per heavy atom. The van der Waals surface area contributed by atoms with Gasteiger partial charge in [-0.15, -0.1) is 11.8 Å². The van der Waals surface area contributed by atoms with Crippen LogP contribution in [0.3, 0.4) is 0 Å². The number of amides is 2. The van der Waals surface area contributed by atoms with Crippen molar-refractivity contribution in [2.24, 2.45) is 0 Å². The molecular weight excluding hydrogens is 394 g/mol. The van der Waals surface area contributed by atoms with Crippen molar-refractivity contribution in [3.05, 3.63) is 95.6 Å².